The SMILES string of the molecule is c1ccc2c(c1)ccc1ccc(-c3ccc(N(c4ccc(-c5cc6ccccc6c6ccccc56)cc4)c4ccc5c(c4)sc4cccnc45)cc3)cc12. The van der Waals surface area contributed by atoms with Crippen molar-refractivity contribution >= 4 is 91.8 Å². The first-order chi connectivity index (χ1) is 26.7. The van der Waals surface area contributed by atoms with Crippen molar-refractivity contribution in [2.45, 2.75) is 0 Å². The highest BCUT2D eigenvalue weighted by molar-refractivity contribution is 7.25. The fourth-order valence-corrected chi connectivity index (χ4v) is 9.34. The number of rotatable bonds is 5. The maximum atomic E-state index is 4.71. The van der Waals surface area contributed by atoms with Gasteiger partial charge in [-0.15, -0.1) is 11.3 Å². The summed E-state index contributed by atoms with van der Waals surface area (Å²) in [5, 5.41) is 11.4. The summed E-state index contributed by atoms with van der Waals surface area (Å²) < 4.78 is 2.43. The molecule has 0 bridgehead atoms. The molecule has 11 rings (SSSR count). The first-order valence-corrected chi connectivity index (χ1v) is 19.2. The zero-order valence-electron chi connectivity index (χ0n) is 29.3. The lowest BCUT2D eigenvalue weighted by molar-refractivity contribution is 1.29. The summed E-state index contributed by atoms with van der Waals surface area (Å²) in [4.78, 5) is 7.08. The van der Waals surface area contributed by atoms with Crippen molar-refractivity contribution in [2.24, 2.45) is 0 Å². The minimum Gasteiger partial charge on any atom is -0.310 e. The molecule has 0 N–H and O–H groups in total. The molecule has 0 saturated heterocycles. The van der Waals surface area contributed by atoms with Crippen LogP contribution in [0, 0.1) is 0 Å². The summed E-state index contributed by atoms with van der Waals surface area (Å²) in [6.07, 6.45) is 1.88. The van der Waals surface area contributed by atoms with Gasteiger partial charge in [-0.05, 0) is 132 Å². The molecule has 0 aliphatic heterocycles. The zero-order valence-corrected chi connectivity index (χ0v) is 30.1. The van der Waals surface area contributed by atoms with Crippen LogP contribution >= 0.6 is 11.3 Å². The summed E-state index contributed by atoms with van der Waals surface area (Å²) in [7, 11) is 0. The molecule has 252 valence electrons. The van der Waals surface area contributed by atoms with Gasteiger partial charge in [0.2, 0.25) is 0 Å². The van der Waals surface area contributed by atoms with Crippen molar-refractivity contribution in [1.29, 1.82) is 0 Å². The lowest BCUT2D eigenvalue weighted by atomic mass is 9.93. The number of fused-ring (bicyclic) bond motifs is 9. The van der Waals surface area contributed by atoms with Gasteiger partial charge < -0.3 is 4.90 Å². The average Bonchev–Trinajstić information content (AvgIpc) is 3.62. The predicted molar refractivity (Wildman–Crippen MR) is 233 cm³/mol. The van der Waals surface area contributed by atoms with Gasteiger partial charge in [-0.3, -0.25) is 4.98 Å². The lowest BCUT2D eigenvalue weighted by Crippen LogP contribution is -2.09. The molecule has 2 nitrogen and oxygen atoms in total. The summed E-state index contributed by atoms with van der Waals surface area (Å²) in [5.74, 6) is 0. The largest absolute Gasteiger partial charge is 0.310 e. The van der Waals surface area contributed by atoms with Gasteiger partial charge in [0.15, 0.2) is 0 Å². The second-order valence-electron chi connectivity index (χ2n) is 14.0. The predicted octanol–water partition coefficient (Wildman–Crippen LogP) is 14.9. The van der Waals surface area contributed by atoms with Crippen LogP contribution in [-0.4, -0.2) is 4.98 Å². The summed E-state index contributed by atoms with van der Waals surface area (Å²) in [5.41, 5.74) is 9.24. The van der Waals surface area contributed by atoms with Crippen molar-refractivity contribution in [3.63, 3.8) is 0 Å². The van der Waals surface area contributed by atoms with Crippen molar-refractivity contribution in [1.82, 2.24) is 4.98 Å². The molecular weight excluding hydrogens is 673 g/mol. The molecule has 2 aromatic heterocycles. The Balaban J connectivity index is 1.03. The van der Waals surface area contributed by atoms with E-state index < -0.39 is 0 Å². The van der Waals surface area contributed by atoms with Gasteiger partial charge in [-0.1, -0.05) is 121 Å². The van der Waals surface area contributed by atoms with E-state index in [9.17, 15) is 0 Å². The molecule has 0 aliphatic carbocycles. The Hall–Kier alpha value is -6.81. The summed E-state index contributed by atoms with van der Waals surface area (Å²) in [6, 6.07) is 68.7. The fourth-order valence-electron chi connectivity index (χ4n) is 8.24. The van der Waals surface area contributed by atoms with Crippen LogP contribution in [0.5, 0.6) is 0 Å². The van der Waals surface area contributed by atoms with Crippen molar-refractivity contribution in [2.75, 3.05) is 4.90 Å². The number of nitrogens with zero attached hydrogens (tertiary/aromatic N) is 2. The Morgan fingerprint density at radius 3 is 1.72 bits per heavy atom. The molecule has 0 unspecified atom stereocenters. The fraction of sp³-hybridized carbons (Fsp3) is 0. The molecular formula is C51H32N2S. The molecule has 0 fully saturated rings. The second kappa shape index (κ2) is 12.4. The molecule has 0 aliphatic rings. The number of pyridine rings is 1. The normalized spacial score (nSPS) is 11.7. The highest BCUT2D eigenvalue weighted by Gasteiger charge is 2.17. The van der Waals surface area contributed by atoms with Crippen LogP contribution in [0.3, 0.4) is 0 Å². The van der Waals surface area contributed by atoms with Crippen LogP contribution in [0.4, 0.5) is 17.1 Å². The summed E-state index contributed by atoms with van der Waals surface area (Å²) in [6.45, 7) is 0. The highest BCUT2D eigenvalue weighted by atomic mass is 32.1. The Morgan fingerprint density at radius 2 is 0.944 bits per heavy atom. The van der Waals surface area contributed by atoms with Crippen LogP contribution in [0.2, 0.25) is 0 Å². The molecule has 0 amide bonds. The van der Waals surface area contributed by atoms with E-state index in [1.165, 1.54) is 80.1 Å². The smallest absolute Gasteiger partial charge is 0.0888 e. The van der Waals surface area contributed by atoms with Crippen LogP contribution in [0.1, 0.15) is 0 Å². The minimum absolute atomic E-state index is 1.06. The molecule has 0 atom stereocenters. The summed E-state index contributed by atoms with van der Waals surface area (Å²) >= 11 is 1.80. The van der Waals surface area contributed by atoms with Gasteiger partial charge in [0.05, 0.1) is 10.2 Å². The number of thiophene rings is 1. The highest BCUT2D eigenvalue weighted by Crippen LogP contribution is 2.42. The molecule has 2 heterocycles. The third-order valence-electron chi connectivity index (χ3n) is 10.9. The Kier molecular flexibility index (Phi) is 7.07. The minimum atomic E-state index is 1.06. The van der Waals surface area contributed by atoms with E-state index in [1.54, 1.807) is 11.3 Å². The second-order valence-corrected chi connectivity index (χ2v) is 15.1. The van der Waals surface area contributed by atoms with E-state index in [-0.39, 0.29) is 0 Å². The first-order valence-electron chi connectivity index (χ1n) is 18.4. The van der Waals surface area contributed by atoms with Crippen LogP contribution in [-0.2, 0) is 0 Å². The Morgan fingerprint density at radius 1 is 0.352 bits per heavy atom. The molecule has 0 saturated carbocycles. The van der Waals surface area contributed by atoms with Gasteiger partial charge in [-0.2, -0.15) is 0 Å². The van der Waals surface area contributed by atoms with E-state index >= 15 is 0 Å². The van der Waals surface area contributed by atoms with E-state index in [2.05, 4.69) is 187 Å². The zero-order chi connectivity index (χ0) is 35.6. The van der Waals surface area contributed by atoms with E-state index in [1.807, 2.05) is 12.3 Å². The topological polar surface area (TPSA) is 16.1 Å². The molecule has 54 heavy (non-hydrogen) atoms. The average molecular weight is 705 g/mol. The van der Waals surface area contributed by atoms with E-state index in [0.717, 1.165) is 22.6 Å². The maximum Gasteiger partial charge on any atom is 0.0888 e. The quantitative estimate of drug-likeness (QED) is 0.166. The molecule has 3 heteroatoms. The van der Waals surface area contributed by atoms with Crippen LogP contribution in [0.25, 0.3) is 85.6 Å². The number of anilines is 3. The Bertz CT molecular complexity index is 3210. The standard InChI is InChI=1S/C51H32N2S/c1-3-10-42-34(8-1)15-16-35-17-18-37(30-47(35)42)33-19-23-39(24-20-33)53(41-27-28-46-50(32-41)54-49-14-7-29-52-51(46)49)40-25-21-36(22-26-40)48-31-38-9-2-4-11-43(38)44-12-5-6-13-45(44)48/h1-32H. The molecule has 0 radical (unpaired) electrons. The van der Waals surface area contributed by atoms with Crippen molar-refractivity contribution < 1.29 is 0 Å². The maximum absolute atomic E-state index is 4.71. The monoisotopic (exact) mass is 704 g/mol. The molecule has 0 spiro atoms. The molecule has 11 aromatic rings. The van der Waals surface area contributed by atoms with E-state index in [0.29, 0.717) is 0 Å². The van der Waals surface area contributed by atoms with Crippen LogP contribution in [0.15, 0.2) is 194 Å². The van der Waals surface area contributed by atoms with Gasteiger partial charge >= 0.3 is 0 Å². The van der Waals surface area contributed by atoms with Gasteiger partial charge in [0.1, 0.15) is 0 Å². The number of benzene rings is 9. The van der Waals surface area contributed by atoms with Gasteiger partial charge in [-0.25, -0.2) is 0 Å². The van der Waals surface area contributed by atoms with Crippen molar-refractivity contribution in [3.8, 4) is 22.3 Å². The third-order valence-corrected chi connectivity index (χ3v) is 12.0. The number of hydrogen-bond donors (Lipinski definition) is 0. The lowest BCUT2D eigenvalue weighted by Gasteiger charge is -2.26. The first kappa shape index (κ1) is 30.8. The molecule has 9 aromatic carbocycles. The van der Waals surface area contributed by atoms with Gasteiger partial charge in [0.25, 0.3) is 0 Å². The number of aromatic nitrogens is 1. The van der Waals surface area contributed by atoms with Gasteiger partial charge in [0, 0.05) is 33.3 Å². The van der Waals surface area contributed by atoms with E-state index in [4.69, 9.17) is 4.98 Å². The van der Waals surface area contributed by atoms with Crippen molar-refractivity contribution in [3.05, 3.63) is 194 Å². The third kappa shape index (κ3) is 5.05. The van der Waals surface area contributed by atoms with Crippen LogP contribution < -0.4 is 4.90 Å². The number of hydrogen-bond acceptors (Lipinski definition) is 3. The Labute approximate surface area is 316 Å².